The van der Waals surface area contributed by atoms with E-state index in [1.807, 2.05) is 182 Å². The summed E-state index contributed by atoms with van der Waals surface area (Å²) in [7, 11) is -10.9. The van der Waals surface area contributed by atoms with Gasteiger partial charge >= 0.3 is 66.7 Å². The quantitative estimate of drug-likeness (QED) is 0.136. The molecule has 10 heteroatoms. The fraction of sp³-hybridized carbons (Fsp3) is 0.0698. The van der Waals surface area contributed by atoms with Crippen molar-refractivity contribution in [2.75, 3.05) is 0 Å². The van der Waals surface area contributed by atoms with Crippen molar-refractivity contribution in [2.45, 2.75) is 19.0 Å². The van der Waals surface area contributed by atoms with Gasteiger partial charge in [0.15, 0.2) is 21.4 Å². The van der Waals surface area contributed by atoms with Crippen molar-refractivity contribution in [3.8, 4) is 0 Å². The van der Waals surface area contributed by atoms with E-state index in [0.29, 0.717) is 31.8 Å². The molecule has 269 valence electrons. The van der Waals surface area contributed by atoms with Crippen molar-refractivity contribution in [3.05, 3.63) is 199 Å². The Morgan fingerprint density at radius 1 is 0.415 bits per heavy atom. The van der Waals surface area contributed by atoms with Crippen molar-refractivity contribution in [3.63, 3.8) is 0 Å². The molecule has 6 aromatic carbocycles. The monoisotopic (exact) mass is 889 g/mol. The smallest absolute Gasteiger partial charge is 0.161 e. The van der Waals surface area contributed by atoms with Crippen LogP contribution in [0, 0.1) is 13.8 Å². The molecule has 53 heavy (non-hydrogen) atoms. The van der Waals surface area contributed by atoms with Gasteiger partial charge in [-0.2, -0.15) is 0 Å². The Bertz CT molecular complexity index is 1950. The summed E-state index contributed by atoms with van der Waals surface area (Å²) in [5.74, 6) is 2.33. The van der Waals surface area contributed by atoms with Gasteiger partial charge in [0, 0.05) is 31.8 Å². The third kappa shape index (κ3) is 8.73. The maximum absolute atomic E-state index is 16.6. The second-order valence-corrected chi connectivity index (χ2v) is 25.7. The van der Waals surface area contributed by atoms with Gasteiger partial charge in [-0.25, -0.2) is 0 Å². The summed E-state index contributed by atoms with van der Waals surface area (Å²) < 4.78 is 51.3. The molecule has 0 bridgehead atoms. The van der Waals surface area contributed by atoms with Gasteiger partial charge in [-0.15, -0.1) is 24.8 Å². The van der Waals surface area contributed by atoms with Crippen LogP contribution in [0.3, 0.4) is 0 Å². The van der Waals surface area contributed by atoms with Crippen molar-refractivity contribution in [1.82, 2.24) is 0 Å². The average molecular weight is 892 g/mol. The van der Waals surface area contributed by atoms with Crippen LogP contribution in [0.15, 0.2) is 188 Å². The Hall–Kier alpha value is -2.75. The number of halogens is 2. The molecule has 0 amide bonds. The predicted molar refractivity (Wildman–Crippen MR) is 233 cm³/mol. The molecule has 1 aromatic heterocycles. The van der Waals surface area contributed by atoms with E-state index >= 15 is 13.7 Å². The van der Waals surface area contributed by atoms with Crippen LogP contribution in [-0.4, -0.2) is 5.14 Å². The van der Waals surface area contributed by atoms with E-state index < -0.39 is 26.6 Å². The van der Waals surface area contributed by atoms with Crippen LogP contribution in [0.4, 0.5) is 0 Å². The van der Waals surface area contributed by atoms with Crippen molar-refractivity contribution in [2.24, 2.45) is 0 Å². The van der Waals surface area contributed by atoms with Crippen molar-refractivity contribution in [1.29, 1.82) is 0 Å². The van der Waals surface area contributed by atoms with Gasteiger partial charge in [0.2, 0.25) is 0 Å². The number of benzene rings is 6. The van der Waals surface area contributed by atoms with Crippen LogP contribution in [0.5, 0.6) is 0 Å². The molecule has 0 saturated carbocycles. The number of rotatable bonds is 9. The first-order valence-electron chi connectivity index (χ1n) is 16.7. The Morgan fingerprint density at radius 2 is 0.623 bits per heavy atom. The summed E-state index contributed by atoms with van der Waals surface area (Å²) in [6, 6.07) is 55.2. The molecule has 1 unspecified atom stereocenters. The molecule has 3 nitrogen and oxygen atoms in total. The Balaban J connectivity index is 0.000000558. The molecule has 0 radical (unpaired) electrons. The summed E-state index contributed by atoms with van der Waals surface area (Å²) in [4.78, 5) is 0. The number of hydrogen-bond donors (Lipinski definition) is 0. The molecule has 0 aliphatic heterocycles. The van der Waals surface area contributed by atoms with Gasteiger partial charge in [-0.3, -0.25) is 0 Å². The number of hydrogen-bond acceptors (Lipinski definition) is 3. The molecule has 0 saturated heterocycles. The van der Waals surface area contributed by atoms with E-state index in [9.17, 15) is 0 Å². The molecular weight excluding hydrogens is 850 g/mol. The summed E-state index contributed by atoms with van der Waals surface area (Å²) in [5, 5.41) is 1.80. The second kappa shape index (κ2) is 19.2. The van der Waals surface area contributed by atoms with Gasteiger partial charge in [-0.05, 0) is 0 Å². The fourth-order valence-electron chi connectivity index (χ4n) is 6.43. The van der Waals surface area contributed by atoms with E-state index in [-0.39, 0.29) is 24.8 Å². The van der Waals surface area contributed by atoms with Gasteiger partial charge in [0.05, 0.1) is 0 Å². The first kappa shape index (κ1) is 43.0. The van der Waals surface area contributed by atoms with E-state index in [1.54, 1.807) is 33.3 Å². The summed E-state index contributed by atoms with van der Waals surface area (Å²) in [6.07, 6.45) is 0. The molecule has 1 heterocycles. The SMILES string of the molecule is Cc1c[pH][c]([Zr])c1C.Cl.Cl.O=P(c1ccccc1)(c1ccccc1)C(P(=O)(c1ccccc1)c1ccccc1)P(=O)(c1ccccc1)c1ccccc1. The van der Waals surface area contributed by atoms with Crippen LogP contribution >= 0.6 is 54.4 Å². The summed E-state index contributed by atoms with van der Waals surface area (Å²) in [5.41, 5.74) is 3.04. The van der Waals surface area contributed by atoms with Gasteiger partial charge < -0.3 is 13.7 Å². The van der Waals surface area contributed by atoms with Crippen LogP contribution < -0.4 is 34.8 Å². The average Bonchev–Trinajstić information content (AvgIpc) is 3.50. The second-order valence-electron chi connectivity index (χ2n) is 12.3. The minimum atomic E-state index is -3.97. The summed E-state index contributed by atoms with van der Waals surface area (Å²) in [6.45, 7) is 4.41. The Labute approximate surface area is 343 Å². The molecule has 7 aromatic rings. The Kier molecular flexibility index (Phi) is 15.6. The first-order valence-corrected chi connectivity index (χ1v) is 24.3. The van der Waals surface area contributed by atoms with E-state index in [0.717, 1.165) is 8.19 Å². The molecule has 0 spiro atoms. The minimum absolute atomic E-state index is 0. The maximum Gasteiger partial charge on any atom is 0.161 e. The van der Waals surface area contributed by atoms with Crippen LogP contribution in [-0.2, 0) is 38.4 Å². The van der Waals surface area contributed by atoms with Crippen molar-refractivity contribution < 1.29 is 38.4 Å². The van der Waals surface area contributed by atoms with Gasteiger partial charge in [0.25, 0.3) is 0 Å². The van der Waals surface area contributed by atoms with E-state index in [2.05, 4.69) is 19.6 Å². The zero-order chi connectivity index (χ0) is 35.9. The topological polar surface area (TPSA) is 51.2 Å². The van der Waals surface area contributed by atoms with Crippen LogP contribution in [0.25, 0.3) is 0 Å². The third-order valence-corrected chi connectivity index (χ3v) is 26.6. The molecule has 1 atom stereocenters. The molecular formula is C43H41Cl2O3P4Zr. The maximum atomic E-state index is 16.6. The zero-order valence-corrected chi connectivity index (χ0v) is 37.1. The zero-order valence-electron chi connectivity index (χ0n) is 29.4. The van der Waals surface area contributed by atoms with Gasteiger partial charge in [0.1, 0.15) is 5.14 Å². The van der Waals surface area contributed by atoms with Crippen molar-refractivity contribution >= 4 is 89.3 Å². The van der Waals surface area contributed by atoms with Gasteiger partial charge in [-0.1, -0.05) is 182 Å². The Morgan fingerprint density at radius 3 is 0.755 bits per heavy atom. The standard InChI is InChI=1S/C37H31O3P3.C6H8P.2ClH.Zr/c38-41(31-19-7-1-8-20-31,32-21-9-2-10-22-32)37(42(39,33-23-11-3-12-24-33)34-25-13-4-14-26-34)43(40,35-27-15-5-16-28-35)36-29-17-6-18-30-36;1-5-3-7-4-6(5)2;;;/h1-30,37H;3,7H,1-2H3;2*1H;. The van der Waals surface area contributed by atoms with E-state index in [1.165, 1.54) is 5.56 Å². The molecule has 0 aliphatic rings. The number of aryl methyl sites for hydroxylation is 1. The molecule has 0 fully saturated rings. The van der Waals surface area contributed by atoms with Crippen LogP contribution in [0.1, 0.15) is 11.1 Å². The normalized spacial score (nSPS) is 11.5. The summed E-state index contributed by atoms with van der Waals surface area (Å²) >= 11 is 1.60. The molecule has 0 N–H and O–H groups in total. The molecule has 0 aliphatic carbocycles. The molecule has 7 rings (SSSR count). The first-order chi connectivity index (χ1) is 24.7. The predicted octanol–water partition coefficient (Wildman–Crippen LogP) is 9.66. The van der Waals surface area contributed by atoms with E-state index in [4.69, 9.17) is 0 Å². The minimum Gasteiger partial charge on any atom is -0.312 e. The van der Waals surface area contributed by atoms with Crippen LogP contribution in [0.2, 0.25) is 0 Å². The third-order valence-electron chi connectivity index (χ3n) is 9.21. The largest absolute Gasteiger partial charge is 0.312 e. The fourth-order valence-corrected chi connectivity index (χ4v) is 24.9.